The van der Waals surface area contributed by atoms with Crippen LogP contribution in [0, 0.1) is 11.3 Å². The van der Waals surface area contributed by atoms with Crippen molar-refractivity contribution in [1.82, 2.24) is 14.5 Å². The van der Waals surface area contributed by atoms with E-state index < -0.39 is 6.61 Å². The van der Waals surface area contributed by atoms with Crippen molar-refractivity contribution in [1.29, 1.82) is 5.26 Å². The maximum absolute atomic E-state index is 12.9. The molecule has 2 aromatic heterocycles. The Morgan fingerprint density at radius 1 is 1.22 bits per heavy atom. The number of alkyl halides is 2. The van der Waals surface area contributed by atoms with Gasteiger partial charge in [0, 0.05) is 37.5 Å². The maximum atomic E-state index is 12.9. The summed E-state index contributed by atoms with van der Waals surface area (Å²) < 4.78 is 48.5. The molecule has 0 amide bonds. The normalized spacial score (nSPS) is 14.5. The molecule has 0 unspecified atom stereocenters. The SMILES string of the molecule is COc1cc(-c2cnn3ccc(OCCN4CCOCC4)cc23)cc(OC(F)F)c1C#N. The summed E-state index contributed by atoms with van der Waals surface area (Å²) in [6.07, 6.45) is 3.38. The lowest BCUT2D eigenvalue weighted by atomic mass is 10.0. The summed E-state index contributed by atoms with van der Waals surface area (Å²) in [6.45, 7) is 1.49. The van der Waals surface area contributed by atoms with Crippen molar-refractivity contribution in [2.45, 2.75) is 6.61 Å². The molecule has 168 valence electrons. The average molecular weight is 444 g/mol. The average Bonchev–Trinajstić information content (AvgIpc) is 3.22. The van der Waals surface area contributed by atoms with E-state index in [0.717, 1.165) is 32.8 Å². The van der Waals surface area contributed by atoms with Gasteiger partial charge in [-0.05, 0) is 23.8 Å². The van der Waals surface area contributed by atoms with Crippen LogP contribution < -0.4 is 14.2 Å². The van der Waals surface area contributed by atoms with Crippen LogP contribution in [0.15, 0.2) is 36.7 Å². The molecular formula is C22H22F2N4O4. The molecule has 32 heavy (non-hydrogen) atoms. The second-order valence-corrected chi connectivity index (χ2v) is 7.09. The molecule has 0 saturated carbocycles. The first-order chi connectivity index (χ1) is 15.6. The van der Waals surface area contributed by atoms with Crippen molar-refractivity contribution in [2.24, 2.45) is 0 Å². The van der Waals surface area contributed by atoms with E-state index in [9.17, 15) is 14.0 Å². The Hall–Kier alpha value is -3.42. The summed E-state index contributed by atoms with van der Waals surface area (Å²) in [5.41, 5.74) is 1.80. The van der Waals surface area contributed by atoms with Gasteiger partial charge in [-0.15, -0.1) is 0 Å². The summed E-state index contributed by atoms with van der Waals surface area (Å²) in [5, 5.41) is 13.7. The first-order valence-corrected chi connectivity index (χ1v) is 10.1. The Kier molecular flexibility index (Phi) is 6.68. The van der Waals surface area contributed by atoms with E-state index in [-0.39, 0.29) is 17.1 Å². The highest BCUT2D eigenvalue weighted by Gasteiger charge is 2.19. The first kappa shape index (κ1) is 21.8. The summed E-state index contributed by atoms with van der Waals surface area (Å²) in [5.74, 6) is 0.546. The minimum Gasteiger partial charge on any atom is -0.495 e. The number of fused-ring (bicyclic) bond motifs is 1. The minimum absolute atomic E-state index is 0.0971. The van der Waals surface area contributed by atoms with Gasteiger partial charge in [-0.1, -0.05) is 0 Å². The van der Waals surface area contributed by atoms with E-state index in [1.165, 1.54) is 13.2 Å². The van der Waals surface area contributed by atoms with Crippen LogP contribution in [-0.4, -0.2) is 67.7 Å². The lowest BCUT2D eigenvalue weighted by Gasteiger charge is -2.26. The van der Waals surface area contributed by atoms with Crippen LogP contribution >= 0.6 is 0 Å². The Labute approximate surface area is 183 Å². The number of ether oxygens (including phenoxy) is 4. The molecule has 0 spiro atoms. The fourth-order valence-corrected chi connectivity index (χ4v) is 3.60. The third-order valence-corrected chi connectivity index (χ3v) is 5.20. The highest BCUT2D eigenvalue weighted by molar-refractivity contribution is 5.83. The van der Waals surface area contributed by atoms with Crippen LogP contribution in [0.3, 0.4) is 0 Å². The monoisotopic (exact) mass is 444 g/mol. The fraction of sp³-hybridized carbons (Fsp3) is 0.364. The molecular weight excluding hydrogens is 422 g/mol. The summed E-state index contributed by atoms with van der Waals surface area (Å²) >= 11 is 0. The van der Waals surface area contributed by atoms with E-state index >= 15 is 0 Å². The molecule has 8 nitrogen and oxygen atoms in total. The van der Waals surface area contributed by atoms with Crippen LogP contribution in [0.1, 0.15) is 5.56 Å². The van der Waals surface area contributed by atoms with E-state index in [1.54, 1.807) is 23.0 Å². The second-order valence-electron chi connectivity index (χ2n) is 7.09. The van der Waals surface area contributed by atoms with Crippen molar-refractivity contribution in [2.75, 3.05) is 46.6 Å². The number of nitriles is 1. The molecule has 10 heteroatoms. The van der Waals surface area contributed by atoms with E-state index in [0.29, 0.717) is 29.0 Å². The molecule has 1 aliphatic rings. The van der Waals surface area contributed by atoms with Crippen molar-refractivity contribution < 1.29 is 27.7 Å². The van der Waals surface area contributed by atoms with Gasteiger partial charge in [-0.25, -0.2) is 4.52 Å². The molecule has 1 saturated heterocycles. The van der Waals surface area contributed by atoms with Gasteiger partial charge in [0.05, 0.1) is 32.0 Å². The zero-order chi connectivity index (χ0) is 22.5. The minimum atomic E-state index is -3.07. The highest BCUT2D eigenvalue weighted by atomic mass is 19.3. The van der Waals surface area contributed by atoms with E-state index in [4.69, 9.17) is 14.2 Å². The predicted molar refractivity (Wildman–Crippen MR) is 111 cm³/mol. The van der Waals surface area contributed by atoms with Crippen LogP contribution in [0.2, 0.25) is 0 Å². The first-order valence-electron chi connectivity index (χ1n) is 10.1. The molecule has 0 aliphatic carbocycles. The van der Waals surface area contributed by atoms with Crippen molar-refractivity contribution >= 4 is 5.52 Å². The Bertz CT molecular complexity index is 1120. The number of pyridine rings is 1. The molecule has 1 aliphatic heterocycles. The standard InChI is InChI=1S/C22H22F2N4O4/c1-29-20-10-15(11-21(17(20)13-25)32-22(23)24)18-14-26-28-3-2-16(12-19(18)28)31-9-6-27-4-7-30-8-5-27/h2-3,10-12,14,22H,4-9H2,1H3. The number of methoxy groups -OCH3 is 1. The molecule has 0 atom stereocenters. The van der Waals surface area contributed by atoms with Crippen LogP contribution in [-0.2, 0) is 4.74 Å². The summed E-state index contributed by atoms with van der Waals surface area (Å²) in [7, 11) is 1.36. The topological polar surface area (TPSA) is 81.2 Å². The molecule has 3 aromatic rings. The largest absolute Gasteiger partial charge is 0.495 e. The zero-order valence-corrected chi connectivity index (χ0v) is 17.5. The Balaban J connectivity index is 1.61. The van der Waals surface area contributed by atoms with Gasteiger partial charge in [0.1, 0.15) is 35.5 Å². The van der Waals surface area contributed by atoms with Crippen LogP contribution in [0.5, 0.6) is 17.2 Å². The number of nitrogens with zero attached hydrogens (tertiary/aromatic N) is 4. The smallest absolute Gasteiger partial charge is 0.387 e. The number of halogens is 2. The lowest BCUT2D eigenvalue weighted by molar-refractivity contribution is -0.0500. The van der Waals surface area contributed by atoms with Gasteiger partial charge < -0.3 is 18.9 Å². The maximum Gasteiger partial charge on any atom is 0.387 e. The van der Waals surface area contributed by atoms with Gasteiger partial charge in [-0.3, -0.25) is 4.90 Å². The number of aromatic nitrogens is 2. The summed E-state index contributed by atoms with van der Waals surface area (Å²) in [6, 6.07) is 8.48. The molecule has 3 heterocycles. The molecule has 1 aromatic carbocycles. The Morgan fingerprint density at radius 2 is 2.00 bits per heavy atom. The van der Waals surface area contributed by atoms with Crippen molar-refractivity contribution in [3.63, 3.8) is 0 Å². The number of hydrogen-bond acceptors (Lipinski definition) is 7. The quantitative estimate of drug-likeness (QED) is 0.528. The second kappa shape index (κ2) is 9.80. The van der Waals surface area contributed by atoms with Gasteiger partial charge >= 0.3 is 6.61 Å². The Morgan fingerprint density at radius 3 is 2.72 bits per heavy atom. The van der Waals surface area contributed by atoms with Gasteiger partial charge in [0.15, 0.2) is 0 Å². The lowest BCUT2D eigenvalue weighted by Crippen LogP contribution is -2.38. The third kappa shape index (κ3) is 4.74. The fourth-order valence-electron chi connectivity index (χ4n) is 3.60. The van der Waals surface area contributed by atoms with Crippen molar-refractivity contribution in [3.05, 3.63) is 42.2 Å². The zero-order valence-electron chi connectivity index (χ0n) is 17.5. The number of benzene rings is 1. The van der Waals surface area contributed by atoms with E-state index in [1.807, 2.05) is 18.2 Å². The number of morpholine rings is 1. The third-order valence-electron chi connectivity index (χ3n) is 5.20. The van der Waals surface area contributed by atoms with Crippen LogP contribution in [0.4, 0.5) is 8.78 Å². The van der Waals surface area contributed by atoms with E-state index in [2.05, 4.69) is 14.7 Å². The number of hydrogen-bond donors (Lipinski definition) is 0. The number of rotatable bonds is 8. The molecule has 0 N–H and O–H groups in total. The van der Waals surface area contributed by atoms with Crippen LogP contribution in [0.25, 0.3) is 16.6 Å². The van der Waals surface area contributed by atoms with Gasteiger partial charge in [0.25, 0.3) is 0 Å². The molecule has 0 bridgehead atoms. The van der Waals surface area contributed by atoms with Crippen molar-refractivity contribution in [3.8, 4) is 34.4 Å². The molecule has 0 radical (unpaired) electrons. The van der Waals surface area contributed by atoms with Gasteiger partial charge in [0.2, 0.25) is 0 Å². The van der Waals surface area contributed by atoms with Gasteiger partial charge in [-0.2, -0.15) is 19.1 Å². The molecule has 1 fully saturated rings. The predicted octanol–water partition coefficient (Wildman–Crippen LogP) is 3.19. The summed E-state index contributed by atoms with van der Waals surface area (Å²) in [4.78, 5) is 2.28. The molecule has 4 rings (SSSR count). The highest BCUT2D eigenvalue weighted by Crippen LogP contribution is 2.37.